The first kappa shape index (κ1) is 17.0. The molecule has 32 heavy (non-hydrogen) atoms. The molecule has 0 atom stereocenters. The van der Waals surface area contributed by atoms with Gasteiger partial charge in [0, 0.05) is 37.9 Å². The SMILES string of the molecule is [2H]c1nc(-c2[c-]ccc3c2oc2ccccc23)c([2H])c([2H])c1[2H].[Ir].[c-]1ccccc1-c1ccccn1. The maximum Gasteiger partial charge on any atom is 0.120 e. The van der Waals surface area contributed by atoms with Crippen LogP contribution in [0.1, 0.15) is 5.48 Å². The van der Waals surface area contributed by atoms with Gasteiger partial charge in [0.15, 0.2) is 0 Å². The Morgan fingerprint density at radius 3 is 2.47 bits per heavy atom. The summed E-state index contributed by atoms with van der Waals surface area (Å²) in [6, 6.07) is 30.1. The van der Waals surface area contributed by atoms with Crippen LogP contribution in [-0.4, -0.2) is 9.97 Å². The summed E-state index contributed by atoms with van der Waals surface area (Å²) in [5, 5.41) is 1.81. The molecule has 6 rings (SSSR count). The second kappa shape index (κ2) is 10.1. The van der Waals surface area contributed by atoms with Crippen LogP contribution >= 0.6 is 0 Å². The Balaban J connectivity index is 0.000000198. The van der Waals surface area contributed by atoms with Gasteiger partial charge in [-0.15, -0.1) is 54.1 Å². The molecule has 157 valence electrons. The molecule has 0 amide bonds. The van der Waals surface area contributed by atoms with Crippen molar-refractivity contribution in [2.24, 2.45) is 0 Å². The van der Waals surface area contributed by atoms with Crippen LogP contribution in [0.4, 0.5) is 0 Å². The molecule has 0 unspecified atom stereocenters. The Labute approximate surface area is 205 Å². The van der Waals surface area contributed by atoms with Crippen molar-refractivity contribution in [3.05, 3.63) is 121 Å². The molecule has 3 nitrogen and oxygen atoms in total. The van der Waals surface area contributed by atoms with Gasteiger partial charge >= 0.3 is 0 Å². The van der Waals surface area contributed by atoms with E-state index < -0.39 is 0 Å². The fourth-order valence-electron chi connectivity index (χ4n) is 3.29. The summed E-state index contributed by atoms with van der Waals surface area (Å²) in [5.41, 5.74) is 3.82. The van der Waals surface area contributed by atoms with Gasteiger partial charge < -0.3 is 14.4 Å². The quantitative estimate of drug-likeness (QED) is 0.203. The van der Waals surface area contributed by atoms with Gasteiger partial charge in [-0.25, -0.2) is 0 Å². The van der Waals surface area contributed by atoms with E-state index in [1.165, 1.54) is 0 Å². The first-order valence-corrected chi connectivity index (χ1v) is 9.69. The fraction of sp³-hybridized carbons (Fsp3) is 0. The van der Waals surface area contributed by atoms with Crippen molar-refractivity contribution in [3.8, 4) is 22.5 Å². The third-order valence-corrected chi connectivity index (χ3v) is 4.69. The summed E-state index contributed by atoms with van der Waals surface area (Å²) in [4.78, 5) is 8.22. The van der Waals surface area contributed by atoms with E-state index in [0.717, 1.165) is 22.0 Å². The van der Waals surface area contributed by atoms with Crippen LogP contribution in [0.3, 0.4) is 0 Å². The van der Waals surface area contributed by atoms with Gasteiger partial charge in [-0.3, -0.25) is 0 Å². The summed E-state index contributed by atoms with van der Waals surface area (Å²) in [7, 11) is 0. The average molecular weight is 595 g/mol. The molecule has 0 saturated heterocycles. The van der Waals surface area contributed by atoms with Gasteiger partial charge in [-0.2, -0.15) is 0 Å². The number of benzene rings is 3. The number of furan rings is 1. The van der Waals surface area contributed by atoms with Crippen molar-refractivity contribution in [2.45, 2.75) is 0 Å². The van der Waals surface area contributed by atoms with Crippen molar-refractivity contribution < 1.29 is 30.0 Å². The third kappa shape index (κ3) is 4.52. The number of fused-ring (bicyclic) bond motifs is 3. The molecular formula is C28H18IrN2O-2. The fourth-order valence-corrected chi connectivity index (χ4v) is 3.29. The van der Waals surface area contributed by atoms with Crippen LogP contribution < -0.4 is 0 Å². The first-order chi connectivity index (χ1) is 17.0. The van der Waals surface area contributed by atoms with E-state index in [-0.39, 0.29) is 50.1 Å². The molecule has 0 saturated carbocycles. The predicted octanol–water partition coefficient (Wildman–Crippen LogP) is 6.99. The number of pyridine rings is 2. The topological polar surface area (TPSA) is 38.9 Å². The van der Waals surface area contributed by atoms with E-state index in [1.807, 2.05) is 72.8 Å². The molecule has 0 N–H and O–H groups in total. The molecule has 0 spiro atoms. The number of rotatable bonds is 2. The molecule has 0 bridgehead atoms. The van der Waals surface area contributed by atoms with Crippen LogP contribution in [0.5, 0.6) is 0 Å². The Hall–Kier alpha value is -3.59. The van der Waals surface area contributed by atoms with E-state index in [1.54, 1.807) is 12.3 Å². The molecule has 1 radical (unpaired) electrons. The first-order valence-electron chi connectivity index (χ1n) is 11.7. The smallest absolute Gasteiger partial charge is 0.120 e. The summed E-state index contributed by atoms with van der Waals surface area (Å²) in [6.45, 7) is 0. The zero-order valence-corrected chi connectivity index (χ0v) is 19.1. The van der Waals surface area contributed by atoms with Gasteiger partial charge in [0.2, 0.25) is 0 Å². The third-order valence-electron chi connectivity index (χ3n) is 4.69. The Kier molecular flexibility index (Phi) is 5.40. The van der Waals surface area contributed by atoms with Crippen molar-refractivity contribution in [3.63, 3.8) is 0 Å². The largest absolute Gasteiger partial charge is 0.501 e. The number of hydrogen-bond donors (Lipinski definition) is 0. The van der Waals surface area contributed by atoms with Gasteiger partial charge in [0.25, 0.3) is 0 Å². The molecule has 0 aliphatic heterocycles. The number of nitrogens with zero attached hydrogens (tertiary/aromatic N) is 2. The molecule has 3 aromatic carbocycles. The number of hydrogen-bond acceptors (Lipinski definition) is 3. The molecule has 0 aliphatic carbocycles. The van der Waals surface area contributed by atoms with Crippen LogP contribution in [0.2, 0.25) is 0 Å². The number of aromatic nitrogens is 2. The van der Waals surface area contributed by atoms with E-state index in [2.05, 4.69) is 22.1 Å². The minimum atomic E-state index is -0.351. The van der Waals surface area contributed by atoms with Crippen molar-refractivity contribution in [1.29, 1.82) is 0 Å². The van der Waals surface area contributed by atoms with Crippen LogP contribution in [0, 0.1) is 12.1 Å². The molecule has 3 heterocycles. The maximum absolute atomic E-state index is 8.07. The molecule has 6 aromatic rings. The van der Waals surface area contributed by atoms with E-state index in [0.29, 0.717) is 16.7 Å². The van der Waals surface area contributed by atoms with Gasteiger partial charge in [0.1, 0.15) is 5.58 Å². The molecule has 0 fully saturated rings. The van der Waals surface area contributed by atoms with E-state index in [4.69, 9.17) is 9.90 Å². The minimum absolute atomic E-state index is 0. The van der Waals surface area contributed by atoms with Gasteiger partial charge in [-0.1, -0.05) is 53.4 Å². The van der Waals surface area contributed by atoms with Crippen LogP contribution in [0.15, 0.2) is 114 Å². The van der Waals surface area contributed by atoms with Crippen LogP contribution in [0.25, 0.3) is 44.5 Å². The zero-order valence-electron chi connectivity index (χ0n) is 20.7. The number of para-hydroxylation sites is 1. The average Bonchev–Trinajstić information content (AvgIpc) is 3.30. The van der Waals surface area contributed by atoms with E-state index >= 15 is 0 Å². The summed E-state index contributed by atoms with van der Waals surface area (Å²) in [6.07, 6.45) is 1.46. The molecule has 0 aliphatic rings. The molecule has 4 heteroatoms. The second-order valence-electron chi connectivity index (χ2n) is 6.63. The monoisotopic (exact) mass is 595 g/mol. The second-order valence-corrected chi connectivity index (χ2v) is 6.63. The summed E-state index contributed by atoms with van der Waals surface area (Å²) >= 11 is 0. The minimum Gasteiger partial charge on any atom is -0.501 e. The zero-order chi connectivity index (χ0) is 24.4. The maximum atomic E-state index is 8.07. The Morgan fingerprint density at radius 1 is 0.750 bits per heavy atom. The van der Waals surface area contributed by atoms with Crippen molar-refractivity contribution in [1.82, 2.24) is 9.97 Å². The Morgan fingerprint density at radius 2 is 1.62 bits per heavy atom. The van der Waals surface area contributed by atoms with Crippen LogP contribution in [-0.2, 0) is 20.1 Å². The van der Waals surface area contributed by atoms with Gasteiger partial charge in [-0.05, 0) is 29.6 Å². The Bertz CT molecular complexity index is 1600. The normalized spacial score (nSPS) is 12.0. The van der Waals surface area contributed by atoms with Crippen molar-refractivity contribution in [2.75, 3.05) is 0 Å². The summed E-state index contributed by atoms with van der Waals surface area (Å²) < 4.78 is 37.1. The molecular weight excluding hydrogens is 573 g/mol. The molecule has 3 aromatic heterocycles. The summed E-state index contributed by atoms with van der Waals surface area (Å²) in [5.74, 6) is 0. The standard InChI is InChI=1S/C17H10NO.C11H8N.Ir/c1-2-10-16-12(6-1)13-7-5-8-14(17(13)19-16)15-9-3-4-11-18-15;1-2-6-10(7-3-1)11-8-4-5-9-12-11;/h1-7,9-11H;1-6,8-9H;/q2*-1;/i3D,4D,9D,11D;;. The predicted molar refractivity (Wildman–Crippen MR) is 124 cm³/mol. The van der Waals surface area contributed by atoms with E-state index in [9.17, 15) is 0 Å². The van der Waals surface area contributed by atoms with Crippen molar-refractivity contribution >= 4 is 21.9 Å². The van der Waals surface area contributed by atoms with Gasteiger partial charge in [0.05, 0.1) is 11.1 Å².